The molecular formula is C3H10NNaO3S. The normalized spacial score (nSPS) is 10.4. The predicted molar refractivity (Wildman–Crippen MR) is 36.8 cm³/mol. The Morgan fingerprint density at radius 1 is 1.56 bits per heavy atom. The Morgan fingerprint density at radius 3 is 2.11 bits per heavy atom. The van der Waals surface area contributed by atoms with Crippen LogP contribution in [-0.2, 0) is 14.4 Å². The topological polar surface area (TPSA) is 55.4 Å². The molecule has 0 amide bonds. The van der Waals surface area contributed by atoms with Crippen molar-refractivity contribution in [2.75, 3.05) is 12.8 Å². The molecule has 6 heteroatoms. The number of hydrogen-bond donors (Lipinski definition) is 1. The molecule has 0 aromatic carbocycles. The third kappa shape index (κ3) is 6.76. The first kappa shape index (κ1) is 12.5. The molecular weight excluding hydrogens is 153 g/mol. The van der Waals surface area contributed by atoms with Crippen LogP contribution >= 0.6 is 0 Å². The average molecular weight is 163 g/mol. The van der Waals surface area contributed by atoms with Crippen molar-refractivity contribution in [2.24, 2.45) is 0 Å². The minimum atomic E-state index is -3.28. The van der Waals surface area contributed by atoms with E-state index in [9.17, 15) is 8.42 Å². The van der Waals surface area contributed by atoms with Crippen molar-refractivity contribution in [3.8, 4) is 0 Å². The molecule has 0 saturated carbocycles. The molecule has 0 aliphatic heterocycles. The predicted octanol–water partition coefficient (Wildman–Crippen LogP) is -1.16. The molecule has 0 rings (SSSR count). The van der Waals surface area contributed by atoms with E-state index in [1.807, 2.05) is 0 Å². The van der Waals surface area contributed by atoms with E-state index in [0.717, 1.165) is 0 Å². The summed E-state index contributed by atoms with van der Waals surface area (Å²) in [6, 6.07) is 0. The Morgan fingerprint density at radius 2 is 2.00 bits per heavy atom. The Hall–Kier alpha value is 0.870. The van der Waals surface area contributed by atoms with Gasteiger partial charge in [-0.05, 0) is 6.92 Å². The van der Waals surface area contributed by atoms with E-state index in [2.05, 4.69) is 9.76 Å². The fraction of sp³-hybridized carbons (Fsp3) is 1.00. The van der Waals surface area contributed by atoms with Gasteiger partial charge in [0.15, 0.2) is 0 Å². The molecule has 0 unspecified atom stereocenters. The summed E-state index contributed by atoms with van der Waals surface area (Å²) in [5, 5.41) is 0. The van der Waals surface area contributed by atoms with Gasteiger partial charge in [-0.1, -0.05) is 0 Å². The molecule has 0 aliphatic rings. The van der Waals surface area contributed by atoms with Gasteiger partial charge in [-0.15, -0.1) is 0 Å². The number of rotatable bonds is 3. The van der Waals surface area contributed by atoms with Gasteiger partial charge in [0.05, 0.1) is 5.75 Å². The molecule has 9 heavy (non-hydrogen) atoms. The third-order valence-electron chi connectivity index (χ3n) is 0.564. The summed E-state index contributed by atoms with van der Waals surface area (Å²) in [5.74, 6) is -0.00611. The van der Waals surface area contributed by atoms with Crippen molar-refractivity contribution in [1.29, 1.82) is 0 Å². The SMILES string of the molecule is CCS(=O)(=O)ONC.[NaH]. The van der Waals surface area contributed by atoms with Gasteiger partial charge in [-0.25, -0.2) is 0 Å². The third-order valence-corrected chi connectivity index (χ3v) is 1.69. The molecule has 52 valence electrons. The summed E-state index contributed by atoms with van der Waals surface area (Å²) in [7, 11) is -1.88. The van der Waals surface area contributed by atoms with E-state index in [4.69, 9.17) is 0 Å². The van der Waals surface area contributed by atoms with Crippen LogP contribution in [0.25, 0.3) is 0 Å². The van der Waals surface area contributed by atoms with Crippen LogP contribution < -0.4 is 5.48 Å². The van der Waals surface area contributed by atoms with Gasteiger partial charge in [-0.2, -0.15) is 18.2 Å². The second kappa shape index (κ2) is 5.64. The zero-order valence-electron chi connectivity index (χ0n) is 4.84. The van der Waals surface area contributed by atoms with Crippen LogP contribution in [0.4, 0.5) is 0 Å². The van der Waals surface area contributed by atoms with E-state index >= 15 is 0 Å². The van der Waals surface area contributed by atoms with E-state index in [1.165, 1.54) is 14.0 Å². The van der Waals surface area contributed by atoms with Gasteiger partial charge < -0.3 is 0 Å². The summed E-state index contributed by atoms with van der Waals surface area (Å²) in [5.41, 5.74) is 2.07. The Bertz CT molecular complexity index is 143. The van der Waals surface area contributed by atoms with Gasteiger partial charge in [0.1, 0.15) is 0 Å². The molecule has 4 nitrogen and oxygen atoms in total. The van der Waals surface area contributed by atoms with Crippen molar-refractivity contribution in [1.82, 2.24) is 5.48 Å². The molecule has 0 fully saturated rings. The summed E-state index contributed by atoms with van der Waals surface area (Å²) in [6.07, 6.45) is 0. The maximum absolute atomic E-state index is 10.3. The maximum atomic E-state index is 10.3. The van der Waals surface area contributed by atoms with Gasteiger partial charge >= 0.3 is 29.6 Å². The second-order valence-corrected chi connectivity index (χ2v) is 2.99. The second-order valence-electron chi connectivity index (χ2n) is 1.13. The fourth-order valence-corrected chi connectivity index (χ4v) is 0.558. The van der Waals surface area contributed by atoms with Gasteiger partial charge in [0.2, 0.25) is 0 Å². The Balaban J connectivity index is 0. The molecule has 0 saturated heterocycles. The average Bonchev–Trinajstić information content (AvgIpc) is 1.67. The molecule has 0 aliphatic carbocycles. The summed E-state index contributed by atoms with van der Waals surface area (Å²) in [4.78, 5) is 0. The summed E-state index contributed by atoms with van der Waals surface area (Å²) < 4.78 is 24.7. The zero-order valence-corrected chi connectivity index (χ0v) is 5.66. The molecule has 1 N–H and O–H groups in total. The molecule has 0 atom stereocenters. The minimum absolute atomic E-state index is 0. The summed E-state index contributed by atoms with van der Waals surface area (Å²) in [6.45, 7) is 1.51. The zero-order chi connectivity index (χ0) is 6.62. The first-order valence-corrected chi connectivity index (χ1v) is 3.78. The van der Waals surface area contributed by atoms with Gasteiger partial charge in [-0.3, -0.25) is 0 Å². The quantitative estimate of drug-likeness (QED) is 0.421. The van der Waals surface area contributed by atoms with Gasteiger partial charge in [0.25, 0.3) is 10.1 Å². The van der Waals surface area contributed by atoms with E-state index in [-0.39, 0.29) is 35.3 Å². The number of hydrogen-bond acceptors (Lipinski definition) is 4. The van der Waals surface area contributed by atoms with Crippen molar-refractivity contribution in [3.63, 3.8) is 0 Å². The van der Waals surface area contributed by atoms with E-state index in [1.54, 1.807) is 0 Å². The Kier molecular flexibility index (Phi) is 7.86. The first-order chi connectivity index (χ1) is 3.62. The van der Waals surface area contributed by atoms with Crippen molar-refractivity contribution >= 4 is 39.7 Å². The van der Waals surface area contributed by atoms with Crippen molar-refractivity contribution < 1.29 is 12.7 Å². The summed E-state index contributed by atoms with van der Waals surface area (Å²) >= 11 is 0. The monoisotopic (exact) mass is 163 g/mol. The van der Waals surface area contributed by atoms with Crippen LogP contribution in [0, 0.1) is 0 Å². The van der Waals surface area contributed by atoms with Gasteiger partial charge in [0, 0.05) is 7.05 Å². The molecule has 0 aromatic heterocycles. The van der Waals surface area contributed by atoms with Crippen LogP contribution in [-0.4, -0.2) is 50.8 Å². The van der Waals surface area contributed by atoms with Crippen LogP contribution in [0.2, 0.25) is 0 Å². The Labute approximate surface area is 77.3 Å². The van der Waals surface area contributed by atoms with E-state index < -0.39 is 10.1 Å². The fourth-order valence-electron chi connectivity index (χ4n) is 0.186. The van der Waals surface area contributed by atoms with Crippen LogP contribution in [0.5, 0.6) is 0 Å². The number of hydroxylamine groups is 1. The van der Waals surface area contributed by atoms with Crippen LogP contribution in [0.3, 0.4) is 0 Å². The molecule has 0 heterocycles. The first-order valence-electron chi connectivity index (χ1n) is 2.20. The van der Waals surface area contributed by atoms with E-state index in [0.29, 0.717) is 0 Å². The number of nitrogens with one attached hydrogen (secondary N) is 1. The van der Waals surface area contributed by atoms with Crippen molar-refractivity contribution in [3.05, 3.63) is 0 Å². The molecule has 0 aromatic rings. The molecule has 0 spiro atoms. The van der Waals surface area contributed by atoms with Crippen LogP contribution in [0.1, 0.15) is 6.92 Å². The molecule has 0 radical (unpaired) electrons. The van der Waals surface area contributed by atoms with Crippen molar-refractivity contribution in [2.45, 2.75) is 6.92 Å². The standard InChI is InChI=1S/C3H9NO3S.Na.H/c1-3-8(5,6)7-4-2;;/h4H,3H2,1-2H3;;. The molecule has 0 bridgehead atoms. The van der Waals surface area contributed by atoms with Crippen LogP contribution in [0.15, 0.2) is 0 Å².